The van der Waals surface area contributed by atoms with Crippen molar-refractivity contribution in [3.8, 4) is 0 Å². The molecule has 4 nitrogen and oxygen atoms in total. The zero-order valence-corrected chi connectivity index (χ0v) is 14.9. The Hall–Kier alpha value is -1.14. The Morgan fingerprint density at radius 3 is 2.75 bits per heavy atom. The molecule has 0 bridgehead atoms. The predicted octanol–water partition coefficient (Wildman–Crippen LogP) is 2.33. The van der Waals surface area contributed by atoms with Gasteiger partial charge in [-0.15, -0.1) is 0 Å². The summed E-state index contributed by atoms with van der Waals surface area (Å²) in [7, 11) is 2.14. The molecule has 1 fully saturated rings. The molecule has 3 heterocycles. The van der Waals surface area contributed by atoms with E-state index in [4.69, 9.17) is 11.6 Å². The summed E-state index contributed by atoms with van der Waals surface area (Å²) in [6.45, 7) is 8.17. The van der Waals surface area contributed by atoms with E-state index in [9.17, 15) is 4.39 Å². The number of nitrogens with one attached hydrogen (secondary N) is 1. The van der Waals surface area contributed by atoms with E-state index < -0.39 is 0 Å². The number of rotatable bonds is 3. The van der Waals surface area contributed by atoms with E-state index in [1.165, 1.54) is 11.3 Å². The third-order valence-corrected chi connectivity index (χ3v) is 5.63. The lowest BCUT2D eigenvalue weighted by Gasteiger charge is -2.28. The maximum atomic E-state index is 14.1. The van der Waals surface area contributed by atoms with Gasteiger partial charge in [-0.2, -0.15) is 0 Å². The number of nitrogens with zero attached hydrogens (tertiary/aromatic N) is 3. The van der Waals surface area contributed by atoms with Crippen LogP contribution in [-0.2, 0) is 19.5 Å². The van der Waals surface area contributed by atoms with Gasteiger partial charge >= 0.3 is 0 Å². The number of hydrogen-bond donors (Lipinski definition) is 1. The first-order valence-electron chi connectivity index (χ1n) is 8.74. The van der Waals surface area contributed by atoms with Crippen molar-refractivity contribution >= 4 is 22.5 Å². The smallest absolute Gasteiger partial charge is 0.143 e. The van der Waals surface area contributed by atoms with E-state index in [0.717, 1.165) is 69.7 Å². The molecule has 1 N–H and O–H groups in total. The van der Waals surface area contributed by atoms with Crippen molar-refractivity contribution in [2.24, 2.45) is 0 Å². The quantitative estimate of drug-likeness (QED) is 0.919. The highest BCUT2D eigenvalue weighted by molar-refractivity contribution is 6.31. The summed E-state index contributed by atoms with van der Waals surface area (Å²) >= 11 is 6.06. The largest absolute Gasteiger partial charge is 0.343 e. The van der Waals surface area contributed by atoms with Crippen molar-refractivity contribution in [1.82, 2.24) is 19.7 Å². The molecule has 1 saturated heterocycles. The Morgan fingerprint density at radius 1 is 1.17 bits per heavy atom. The van der Waals surface area contributed by atoms with Crippen LogP contribution in [0.15, 0.2) is 12.1 Å². The molecular weight excluding hydrogens is 327 g/mol. The van der Waals surface area contributed by atoms with E-state index in [2.05, 4.69) is 26.7 Å². The number of fused-ring (bicyclic) bond motifs is 3. The van der Waals surface area contributed by atoms with Crippen LogP contribution in [0.1, 0.15) is 11.3 Å². The minimum Gasteiger partial charge on any atom is -0.343 e. The van der Waals surface area contributed by atoms with Crippen LogP contribution in [-0.4, -0.2) is 60.7 Å². The molecule has 0 spiro atoms. The van der Waals surface area contributed by atoms with E-state index in [-0.39, 0.29) is 10.8 Å². The Balaban J connectivity index is 1.71. The van der Waals surface area contributed by atoms with Crippen molar-refractivity contribution in [3.05, 3.63) is 34.2 Å². The molecule has 4 rings (SSSR count). The number of piperazine rings is 1. The van der Waals surface area contributed by atoms with Crippen molar-refractivity contribution in [2.45, 2.75) is 19.5 Å². The molecule has 6 heteroatoms. The molecule has 0 unspecified atom stereocenters. The van der Waals surface area contributed by atoms with E-state index >= 15 is 0 Å². The number of likely N-dealkylation sites (N-methyl/N-ethyl adjacent to an activating group) is 1. The first-order chi connectivity index (χ1) is 11.6. The molecular formula is C18H24ClFN4. The molecule has 130 valence electrons. The summed E-state index contributed by atoms with van der Waals surface area (Å²) in [6, 6.07) is 3.43. The second-order valence-electron chi connectivity index (χ2n) is 6.94. The van der Waals surface area contributed by atoms with Gasteiger partial charge in [-0.05, 0) is 24.7 Å². The van der Waals surface area contributed by atoms with Gasteiger partial charge in [0.1, 0.15) is 5.82 Å². The van der Waals surface area contributed by atoms with Gasteiger partial charge in [0, 0.05) is 69.9 Å². The number of aromatic nitrogens is 1. The van der Waals surface area contributed by atoms with Crippen LogP contribution in [0.4, 0.5) is 4.39 Å². The van der Waals surface area contributed by atoms with Crippen LogP contribution in [0.3, 0.4) is 0 Å². The molecule has 1 aromatic carbocycles. The summed E-state index contributed by atoms with van der Waals surface area (Å²) < 4.78 is 16.4. The molecule has 1 aromatic heterocycles. The first kappa shape index (κ1) is 16.3. The Bertz CT molecular complexity index is 751. The molecule has 2 aromatic rings. The van der Waals surface area contributed by atoms with Gasteiger partial charge in [0.2, 0.25) is 0 Å². The summed E-state index contributed by atoms with van der Waals surface area (Å²) in [5.74, 6) is -0.323. The molecule has 0 saturated carbocycles. The first-order valence-corrected chi connectivity index (χ1v) is 9.12. The lowest BCUT2D eigenvalue weighted by atomic mass is 10.1. The predicted molar refractivity (Wildman–Crippen MR) is 96.3 cm³/mol. The summed E-state index contributed by atoms with van der Waals surface area (Å²) in [5.41, 5.74) is 3.67. The average Bonchev–Trinajstić information content (AvgIpc) is 2.87. The highest BCUT2D eigenvalue weighted by Crippen LogP contribution is 2.33. The zero-order chi connectivity index (χ0) is 16.7. The van der Waals surface area contributed by atoms with Crippen molar-refractivity contribution in [2.75, 3.05) is 46.3 Å². The zero-order valence-electron chi connectivity index (χ0n) is 14.1. The minimum atomic E-state index is -0.323. The van der Waals surface area contributed by atoms with Gasteiger partial charge in [0.15, 0.2) is 0 Å². The van der Waals surface area contributed by atoms with Crippen molar-refractivity contribution in [1.29, 1.82) is 0 Å². The van der Waals surface area contributed by atoms with Crippen LogP contribution in [0, 0.1) is 5.82 Å². The van der Waals surface area contributed by atoms with Gasteiger partial charge in [-0.3, -0.25) is 4.90 Å². The van der Waals surface area contributed by atoms with Crippen LogP contribution < -0.4 is 5.32 Å². The number of benzene rings is 1. The highest BCUT2D eigenvalue weighted by atomic mass is 35.5. The lowest BCUT2D eigenvalue weighted by Crippen LogP contribution is -2.44. The molecule has 2 aliphatic heterocycles. The molecule has 0 amide bonds. The fourth-order valence-electron chi connectivity index (χ4n) is 4.00. The fraction of sp³-hybridized carbons (Fsp3) is 0.556. The molecule has 0 aliphatic carbocycles. The van der Waals surface area contributed by atoms with Crippen LogP contribution in [0.25, 0.3) is 10.9 Å². The Morgan fingerprint density at radius 2 is 1.96 bits per heavy atom. The summed E-state index contributed by atoms with van der Waals surface area (Å²) in [4.78, 5) is 4.80. The molecule has 2 aliphatic rings. The SMILES string of the molecule is CN1CCc2c(c3cc(Cl)c(F)cc3n2CCN2CCNCC2)C1. The highest BCUT2D eigenvalue weighted by Gasteiger charge is 2.23. The maximum Gasteiger partial charge on any atom is 0.143 e. The monoisotopic (exact) mass is 350 g/mol. The molecule has 0 radical (unpaired) electrons. The van der Waals surface area contributed by atoms with E-state index in [1.807, 2.05) is 6.07 Å². The third-order valence-electron chi connectivity index (χ3n) is 5.34. The fourth-order valence-corrected chi connectivity index (χ4v) is 4.17. The van der Waals surface area contributed by atoms with Gasteiger partial charge in [0.05, 0.1) is 10.5 Å². The van der Waals surface area contributed by atoms with Crippen LogP contribution in [0.5, 0.6) is 0 Å². The van der Waals surface area contributed by atoms with Crippen LogP contribution >= 0.6 is 11.6 Å². The van der Waals surface area contributed by atoms with Crippen molar-refractivity contribution < 1.29 is 4.39 Å². The Kier molecular flexibility index (Phi) is 4.52. The number of halogens is 2. The normalized spacial score (nSPS) is 19.8. The second-order valence-corrected chi connectivity index (χ2v) is 7.35. The van der Waals surface area contributed by atoms with Gasteiger partial charge in [-0.25, -0.2) is 4.39 Å². The molecule has 0 atom stereocenters. The lowest BCUT2D eigenvalue weighted by molar-refractivity contribution is 0.231. The van der Waals surface area contributed by atoms with Crippen LogP contribution in [0.2, 0.25) is 5.02 Å². The molecule has 24 heavy (non-hydrogen) atoms. The Labute approximate surface area is 147 Å². The topological polar surface area (TPSA) is 23.4 Å². The third kappa shape index (κ3) is 2.94. The average molecular weight is 351 g/mol. The minimum absolute atomic E-state index is 0.220. The number of hydrogen-bond acceptors (Lipinski definition) is 3. The summed E-state index contributed by atoms with van der Waals surface area (Å²) in [6.07, 6.45) is 1.02. The van der Waals surface area contributed by atoms with Gasteiger partial charge < -0.3 is 14.8 Å². The standard InChI is InChI=1S/C18H24ClFN4/c1-22-5-2-17-14(12-22)13-10-15(19)16(20)11-18(13)24(17)9-8-23-6-3-21-4-7-23/h10-11,21H,2-9,12H2,1H3. The maximum absolute atomic E-state index is 14.1. The van der Waals surface area contributed by atoms with E-state index in [0.29, 0.717) is 0 Å². The second kappa shape index (κ2) is 6.64. The summed E-state index contributed by atoms with van der Waals surface area (Å²) in [5, 5.41) is 4.72. The van der Waals surface area contributed by atoms with Gasteiger partial charge in [0.25, 0.3) is 0 Å². The van der Waals surface area contributed by atoms with Gasteiger partial charge in [-0.1, -0.05) is 11.6 Å². The van der Waals surface area contributed by atoms with E-state index in [1.54, 1.807) is 6.07 Å². The van der Waals surface area contributed by atoms with Crippen molar-refractivity contribution in [3.63, 3.8) is 0 Å².